The molecule has 0 heterocycles. The summed E-state index contributed by atoms with van der Waals surface area (Å²) in [6.07, 6.45) is 0.931. The molecule has 2 rings (SSSR count). The predicted molar refractivity (Wildman–Crippen MR) is 114 cm³/mol. The zero-order valence-electron chi connectivity index (χ0n) is 16.6. The Labute approximate surface area is 176 Å². The monoisotopic (exact) mass is 440 g/mol. The summed E-state index contributed by atoms with van der Waals surface area (Å²) in [6.45, 7) is 2.43. The van der Waals surface area contributed by atoms with Crippen molar-refractivity contribution in [2.24, 2.45) is 0 Å². The zero-order chi connectivity index (χ0) is 21.4. The molecule has 1 N–H and O–H groups in total. The van der Waals surface area contributed by atoms with E-state index in [0.717, 1.165) is 6.26 Å². The number of carbonyl (C=O) groups is 1. The molecule has 0 unspecified atom stereocenters. The summed E-state index contributed by atoms with van der Waals surface area (Å²) in [5.74, 6) is 0.781. The number of halogens is 1. The van der Waals surface area contributed by atoms with Crippen molar-refractivity contribution in [2.45, 2.75) is 19.4 Å². The molecule has 0 aromatic heterocycles. The standard InChI is InChI=1S/C20H25ClN2O5S/c1-4-18(20(24)22-13-14-27-19-8-6-5-7-17(19)21)28-16-11-9-15(10-12-16)23(2)29(3,25)26/h5-12,18H,4,13-14H2,1-3H3,(H,22,24)/t18-/m1/s1. The van der Waals surface area contributed by atoms with Crippen LogP contribution in [0.3, 0.4) is 0 Å². The quantitative estimate of drug-likeness (QED) is 0.574. The SMILES string of the molecule is CC[C@@H](Oc1ccc(N(C)S(C)(=O)=O)cc1)C(=O)NCCOc1ccccc1Cl. The van der Waals surface area contributed by atoms with Gasteiger partial charge in [0.2, 0.25) is 10.0 Å². The molecule has 0 radical (unpaired) electrons. The van der Waals surface area contributed by atoms with Gasteiger partial charge in [0.15, 0.2) is 6.10 Å². The average Bonchev–Trinajstić information content (AvgIpc) is 2.69. The summed E-state index contributed by atoms with van der Waals surface area (Å²) < 4.78 is 35.6. The molecular formula is C20H25ClN2O5S. The molecule has 0 saturated carbocycles. The van der Waals surface area contributed by atoms with Gasteiger partial charge in [0.05, 0.1) is 23.5 Å². The fraction of sp³-hybridized carbons (Fsp3) is 0.350. The third kappa shape index (κ3) is 6.83. The number of para-hydroxylation sites is 1. The highest BCUT2D eigenvalue weighted by Crippen LogP contribution is 2.23. The van der Waals surface area contributed by atoms with Crippen molar-refractivity contribution in [1.82, 2.24) is 5.32 Å². The molecule has 0 aliphatic rings. The van der Waals surface area contributed by atoms with Crippen LogP contribution in [0.25, 0.3) is 0 Å². The Kier molecular flexibility index (Phi) is 8.16. The summed E-state index contributed by atoms with van der Waals surface area (Å²) in [5.41, 5.74) is 0.508. The highest BCUT2D eigenvalue weighted by Gasteiger charge is 2.18. The number of nitrogens with one attached hydrogen (secondary N) is 1. The summed E-state index contributed by atoms with van der Waals surface area (Å²) in [4.78, 5) is 12.4. The van der Waals surface area contributed by atoms with Gasteiger partial charge in [-0.15, -0.1) is 0 Å². The van der Waals surface area contributed by atoms with Crippen LogP contribution in [0.2, 0.25) is 5.02 Å². The maximum absolute atomic E-state index is 12.4. The summed E-state index contributed by atoms with van der Waals surface area (Å²) >= 11 is 6.02. The van der Waals surface area contributed by atoms with Gasteiger partial charge in [-0.2, -0.15) is 0 Å². The number of rotatable bonds is 10. The predicted octanol–water partition coefficient (Wildman–Crippen LogP) is 3.09. The van der Waals surface area contributed by atoms with Crippen LogP contribution in [0.5, 0.6) is 11.5 Å². The fourth-order valence-electron chi connectivity index (χ4n) is 2.42. The summed E-state index contributed by atoms with van der Waals surface area (Å²) in [5, 5.41) is 3.29. The molecule has 0 aliphatic carbocycles. The molecule has 2 aromatic carbocycles. The second-order valence-corrected chi connectivity index (χ2v) is 8.73. The number of nitrogens with zero attached hydrogens (tertiary/aromatic N) is 1. The van der Waals surface area contributed by atoms with E-state index in [0.29, 0.717) is 35.2 Å². The molecule has 0 bridgehead atoms. The minimum Gasteiger partial charge on any atom is -0.490 e. The number of hydrogen-bond acceptors (Lipinski definition) is 5. The smallest absolute Gasteiger partial charge is 0.261 e. The van der Waals surface area contributed by atoms with Crippen molar-refractivity contribution in [3.05, 3.63) is 53.6 Å². The van der Waals surface area contributed by atoms with Crippen LogP contribution in [-0.4, -0.2) is 46.9 Å². The van der Waals surface area contributed by atoms with E-state index < -0.39 is 16.1 Å². The molecule has 0 aliphatic heterocycles. The van der Waals surface area contributed by atoms with Gasteiger partial charge in [-0.25, -0.2) is 8.42 Å². The Hall–Kier alpha value is -2.45. The first-order chi connectivity index (χ1) is 13.7. The molecule has 1 atom stereocenters. The van der Waals surface area contributed by atoms with Gasteiger partial charge in [0.1, 0.15) is 18.1 Å². The van der Waals surface area contributed by atoms with Gasteiger partial charge in [-0.05, 0) is 42.8 Å². The van der Waals surface area contributed by atoms with Crippen molar-refractivity contribution in [1.29, 1.82) is 0 Å². The topological polar surface area (TPSA) is 84.9 Å². The van der Waals surface area contributed by atoms with Crippen molar-refractivity contribution < 1.29 is 22.7 Å². The van der Waals surface area contributed by atoms with Crippen LogP contribution in [0.15, 0.2) is 48.5 Å². The first-order valence-corrected chi connectivity index (χ1v) is 11.3. The third-order valence-corrected chi connectivity index (χ3v) is 5.65. The number of benzene rings is 2. The van der Waals surface area contributed by atoms with Gasteiger partial charge in [0.25, 0.3) is 5.91 Å². The highest BCUT2D eigenvalue weighted by atomic mass is 35.5. The number of sulfonamides is 1. The first-order valence-electron chi connectivity index (χ1n) is 9.08. The van der Waals surface area contributed by atoms with Crippen molar-refractivity contribution in [3.63, 3.8) is 0 Å². The minimum absolute atomic E-state index is 0.257. The second kappa shape index (κ2) is 10.4. The van der Waals surface area contributed by atoms with Crippen molar-refractivity contribution in [2.75, 3.05) is 30.8 Å². The Balaban J connectivity index is 1.85. The second-order valence-electron chi connectivity index (χ2n) is 6.31. The van der Waals surface area contributed by atoms with E-state index in [2.05, 4.69) is 5.32 Å². The van der Waals surface area contributed by atoms with Crippen molar-refractivity contribution in [3.8, 4) is 11.5 Å². The largest absolute Gasteiger partial charge is 0.490 e. The van der Waals surface area contributed by atoms with Gasteiger partial charge in [-0.3, -0.25) is 9.10 Å². The van der Waals surface area contributed by atoms with Gasteiger partial charge >= 0.3 is 0 Å². The third-order valence-electron chi connectivity index (χ3n) is 4.13. The van der Waals surface area contributed by atoms with E-state index >= 15 is 0 Å². The molecule has 29 heavy (non-hydrogen) atoms. The molecule has 9 heteroatoms. The Morgan fingerprint density at radius 1 is 1.17 bits per heavy atom. The number of anilines is 1. The fourth-order valence-corrected chi connectivity index (χ4v) is 3.12. The molecular weight excluding hydrogens is 416 g/mol. The number of amides is 1. The summed E-state index contributed by atoms with van der Waals surface area (Å²) in [6, 6.07) is 13.6. The van der Waals surface area contributed by atoms with Crippen LogP contribution >= 0.6 is 11.6 Å². The lowest BCUT2D eigenvalue weighted by molar-refractivity contribution is -0.128. The lowest BCUT2D eigenvalue weighted by Crippen LogP contribution is -2.39. The number of carbonyl (C=O) groups excluding carboxylic acids is 1. The molecule has 158 valence electrons. The van der Waals surface area contributed by atoms with Crippen LogP contribution in [-0.2, 0) is 14.8 Å². The molecule has 0 saturated heterocycles. The molecule has 0 spiro atoms. The van der Waals surface area contributed by atoms with E-state index in [1.807, 2.05) is 19.1 Å². The van der Waals surface area contributed by atoms with Gasteiger partial charge in [-0.1, -0.05) is 30.7 Å². The maximum atomic E-state index is 12.4. The van der Waals surface area contributed by atoms with Gasteiger partial charge in [0, 0.05) is 7.05 Å². The van der Waals surface area contributed by atoms with E-state index in [-0.39, 0.29) is 12.5 Å². The Morgan fingerprint density at radius 2 is 1.83 bits per heavy atom. The number of ether oxygens (including phenoxy) is 2. The minimum atomic E-state index is -3.34. The molecule has 0 fully saturated rings. The van der Waals surface area contributed by atoms with Crippen LogP contribution in [0, 0.1) is 0 Å². The van der Waals surface area contributed by atoms with E-state index in [1.54, 1.807) is 36.4 Å². The van der Waals surface area contributed by atoms with Crippen LogP contribution in [0.4, 0.5) is 5.69 Å². The van der Waals surface area contributed by atoms with Crippen LogP contribution < -0.4 is 19.1 Å². The Morgan fingerprint density at radius 3 is 2.41 bits per heavy atom. The lowest BCUT2D eigenvalue weighted by Gasteiger charge is -2.19. The molecule has 7 nitrogen and oxygen atoms in total. The van der Waals surface area contributed by atoms with E-state index in [1.165, 1.54) is 11.4 Å². The Bertz CT molecular complexity index is 919. The zero-order valence-corrected chi connectivity index (χ0v) is 18.2. The van der Waals surface area contributed by atoms with Crippen LogP contribution in [0.1, 0.15) is 13.3 Å². The van der Waals surface area contributed by atoms with Crippen molar-refractivity contribution >= 4 is 33.2 Å². The average molecular weight is 441 g/mol. The van der Waals surface area contributed by atoms with Gasteiger partial charge < -0.3 is 14.8 Å². The lowest BCUT2D eigenvalue weighted by atomic mass is 10.2. The van der Waals surface area contributed by atoms with E-state index in [4.69, 9.17) is 21.1 Å². The van der Waals surface area contributed by atoms with E-state index in [9.17, 15) is 13.2 Å². The first kappa shape index (κ1) is 22.8. The normalized spacial score (nSPS) is 12.1. The number of hydrogen-bond donors (Lipinski definition) is 1. The highest BCUT2D eigenvalue weighted by molar-refractivity contribution is 7.92. The molecule has 2 aromatic rings. The maximum Gasteiger partial charge on any atom is 0.261 e. The summed E-state index contributed by atoms with van der Waals surface area (Å²) in [7, 11) is -1.87. The molecule has 1 amide bonds.